The molecule has 2 saturated carbocycles. The first kappa shape index (κ1) is 16.3. The van der Waals surface area contributed by atoms with Crippen LogP contribution in [0.15, 0.2) is 0 Å². The number of hydrogen-bond acceptors (Lipinski definition) is 2. The maximum absolute atomic E-state index is 3.97. The molecular formula is C18H36N2. The zero-order valence-electron chi connectivity index (χ0n) is 14.1. The summed E-state index contributed by atoms with van der Waals surface area (Å²) in [6, 6.07) is 1.54. The predicted octanol–water partition coefficient (Wildman–Crippen LogP) is 4.20. The summed E-state index contributed by atoms with van der Waals surface area (Å²) in [5, 5.41) is 3.97. The van der Waals surface area contributed by atoms with Crippen LogP contribution in [-0.4, -0.2) is 36.6 Å². The van der Waals surface area contributed by atoms with Crippen molar-refractivity contribution >= 4 is 0 Å². The second-order valence-corrected chi connectivity index (χ2v) is 7.25. The third kappa shape index (κ3) is 3.98. The van der Waals surface area contributed by atoms with Gasteiger partial charge in [0, 0.05) is 12.1 Å². The Labute approximate surface area is 126 Å². The highest BCUT2D eigenvalue weighted by Crippen LogP contribution is 2.51. The Hall–Kier alpha value is -0.0800. The van der Waals surface area contributed by atoms with Gasteiger partial charge < -0.3 is 10.2 Å². The fourth-order valence-corrected chi connectivity index (χ4v) is 4.40. The molecule has 2 aliphatic carbocycles. The van der Waals surface area contributed by atoms with E-state index in [9.17, 15) is 0 Å². The standard InChI is InChI=1S/C18H36N2/c1-4-20(5-2)15-9-10-16(3)19-17-11-14-18(17)12-7-6-8-13-18/h16-17,19H,4-15H2,1-3H3. The molecule has 2 nitrogen and oxygen atoms in total. The van der Waals surface area contributed by atoms with Gasteiger partial charge in [-0.1, -0.05) is 33.1 Å². The van der Waals surface area contributed by atoms with Gasteiger partial charge in [0.2, 0.25) is 0 Å². The predicted molar refractivity (Wildman–Crippen MR) is 88.2 cm³/mol. The number of hydrogen-bond donors (Lipinski definition) is 1. The molecule has 0 aromatic carbocycles. The monoisotopic (exact) mass is 280 g/mol. The lowest BCUT2D eigenvalue weighted by Crippen LogP contribution is -2.56. The highest BCUT2D eigenvalue weighted by atomic mass is 15.1. The fourth-order valence-electron chi connectivity index (χ4n) is 4.40. The van der Waals surface area contributed by atoms with Crippen molar-refractivity contribution in [2.45, 2.75) is 90.6 Å². The molecule has 0 amide bonds. The average Bonchev–Trinajstić information content (AvgIpc) is 2.49. The van der Waals surface area contributed by atoms with Crippen molar-refractivity contribution < 1.29 is 0 Å². The molecule has 2 atom stereocenters. The minimum atomic E-state index is 0.703. The smallest absolute Gasteiger partial charge is 0.0126 e. The molecule has 2 unspecified atom stereocenters. The normalized spacial score (nSPS) is 26.7. The van der Waals surface area contributed by atoms with Gasteiger partial charge in [0.15, 0.2) is 0 Å². The van der Waals surface area contributed by atoms with Crippen molar-refractivity contribution in [3.05, 3.63) is 0 Å². The molecule has 2 rings (SSSR count). The molecule has 118 valence electrons. The second-order valence-electron chi connectivity index (χ2n) is 7.25. The van der Waals surface area contributed by atoms with Gasteiger partial charge in [-0.15, -0.1) is 0 Å². The van der Waals surface area contributed by atoms with Crippen LogP contribution < -0.4 is 5.32 Å². The lowest BCUT2D eigenvalue weighted by atomic mass is 9.57. The molecule has 2 fully saturated rings. The van der Waals surface area contributed by atoms with E-state index < -0.39 is 0 Å². The zero-order chi connectivity index (χ0) is 14.4. The summed E-state index contributed by atoms with van der Waals surface area (Å²) < 4.78 is 0. The molecule has 0 heterocycles. The summed E-state index contributed by atoms with van der Waals surface area (Å²) in [4.78, 5) is 2.54. The van der Waals surface area contributed by atoms with E-state index in [1.807, 2.05) is 0 Å². The highest BCUT2D eigenvalue weighted by Gasteiger charge is 2.46. The molecule has 0 aromatic rings. The summed E-state index contributed by atoms with van der Waals surface area (Å²) in [7, 11) is 0. The molecule has 0 saturated heterocycles. The summed E-state index contributed by atoms with van der Waals surface area (Å²) in [6.45, 7) is 10.6. The van der Waals surface area contributed by atoms with Gasteiger partial charge >= 0.3 is 0 Å². The highest BCUT2D eigenvalue weighted by molar-refractivity contribution is 5.02. The molecular weight excluding hydrogens is 244 g/mol. The van der Waals surface area contributed by atoms with Gasteiger partial charge in [0.05, 0.1) is 0 Å². The van der Waals surface area contributed by atoms with E-state index in [-0.39, 0.29) is 0 Å². The molecule has 2 heteroatoms. The Morgan fingerprint density at radius 2 is 1.80 bits per heavy atom. The summed E-state index contributed by atoms with van der Waals surface area (Å²) in [5.74, 6) is 0. The van der Waals surface area contributed by atoms with E-state index in [4.69, 9.17) is 0 Å². The van der Waals surface area contributed by atoms with Crippen LogP contribution in [-0.2, 0) is 0 Å². The van der Waals surface area contributed by atoms with Crippen LogP contribution in [0, 0.1) is 5.41 Å². The summed E-state index contributed by atoms with van der Waals surface area (Å²) in [6.07, 6.45) is 13.0. The molecule has 0 aromatic heterocycles. The number of nitrogens with zero attached hydrogens (tertiary/aromatic N) is 1. The molecule has 1 spiro atoms. The van der Waals surface area contributed by atoms with Crippen molar-refractivity contribution in [3.8, 4) is 0 Å². The van der Waals surface area contributed by atoms with Gasteiger partial charge in [0.1, 0.15) is 0 Å². The van der Waals surface area contributed by atoms with Gasteiger partial charge in [-0.25, -0.2) is 0 Å². The minimum Gasteiger partial charge on any atom is -0.311 e. The van der Waals surface area contributed by atoms with E-state index in [1.165, 1.54) is 77.4 Å². The second kappa shape index (κ2) is 7.79. The Bertz CT molecular complexity index is 267. The van der Waals surface area contributed by atoms with Crippen molar-refractivity contribution in [2.75, 3.05) is 19.6 Å². The SMILES string of the molecule is CCN(CC)CCCC(C)NC1CCC12CCCCC2. The Morgan fingerprint density at radius 1 is 1.10 bits per heavy atom. The maximum atomic E-state index is 3.97. The van der Waals surface area contributed by atoms with E-state index >= 15 is 0 Å². The van der Waals surface area contributed by atoms with Crippen molar-refractivity contribution in [2.24, 2.45) is 5.41 Å². The lowest BCUT2D eigenvalue weighted by Gasteiger charge is -2.53. The van der Waals surface area contributed by atoms with Crippen LogP contribution in [0.3, 0.4) is 0 Å². The minimum absolute atomic E-state index is 0.703. The van der Waals surface area contributed by atoms with Crippen LogP contribution in [0.4, 0.5) is 0 Å². The first-order valence-corrected chi connectivity index (χ1v) is 9.18. The van der Waals surface area contributed by atoms with E-state index in [0.29, 0.717) is 11.5 Å². The summed E-state index contributed by atoms with van der Waals surface area (Å²) >= 11 is 0. The van der Waals surface area contributed by atoms with E-state index in [2.05, 4.69) is 31.0 Å². The lowest BCUT2D eigenvalue weighted by molar-refractivity contribution is 0.0168. The summed E-state index contributed by atoms with van der Waals surface area (Å²) in [5.41, 5.74) is 0.714. The first-order chi connectivity index (χ1) is 9.70. The number of rotatable bonds is 8. The Morgan fingerprint density at radius 3 is 2.35 bits per heavy atom. The van der Waals surface area contributed by atoms with Gasteiger partial charge in [-0.2, -0.15) is 0 Å². The molecule has 1 N–H and O–H groups in total. The van der Waals surface area contributed by atoms with E-state index in [0.717, 1.165) is 6.04 Å². The van der Waals surface area contributed by atoms with Crippen LogP contribution in [0.25, 0.3) is 0 Å². The van der Waals surface area contributed by atoms with Crippen LogP contribution in [0.2, 0.25) is 0 Å². The van der Waals surface area contributed by atoms with Gasteiger partial charge in [0.25, 0.3) is 0 Å². The van der Waals surface area contributed by atoms with Crippen LogP contribution in [0.1, 0.15) is 78.6 Å². The largest absolute Gasteiger partial charge is 0.311 e. The van der Waals surface area contributed by atoms with Gasteiger partial charge in [-0.3, -0.25) is 0 Å². The van der Waals surface area contributed by atoms with Crippen molar-refractivity contribution in [1.29, 1.82) is 0 Å². The average molecular weight is 280 g/mol. The first-order valence-electron chi connectivity index (χ1n) is 9.18. The van der Waals surface area contributed by atoms with Crippen LogP contribution in [0.5, 0.6) is 0 Å². The molecule has 0 aliphatic heterocycles. The molecule has 20 heavy (non-hydrogen) atoms. The number of nitrogens with one attached hydrogen (secondary N) is 1. The molecule has 0 bridgehead atoms. The molecule has 2 aliphatic rings. The molecule has 0 radical (unpaired) electrons. The van der Waals surface area contributed by atoms with Gasteiger partial charge in [-0.05, 0) is 70.5 Å². The third-order valence-electron chi connectivity index (χ3n) is 6.01. The quantitative estimate of drug-likeness (QED) is 0.717. The van der Waals surface area contributed by atoms with Crippen molar-refractivity contribution in [1.82, 2.24) is 10.2 Å². The van der Waals surface area contributed by atoms with Crippen molar-refractivity contribution in [3.63, 3.8) is 0 Å². The van der Waals surface area contributed by atoms with E-state index in [1.54, 1.807) is 0 Å². The zero-order valence-corrected chi connectivity index (χ0v) is 14.1. The van der Waals surface area contributed by atoms with Crippen LogP contribution >= 0.6 is 0 Å². The Kier molecular flexibility index (Phi) is 6.35. The topological polar surface area (TPSA) is 15.3 Å². The maximum Gasteiger partial charge on any atom is 0.0126 e. The third-order valence-corrected chi connectivity index (χ3v) is 6.01. The Balaban J connectivity index is 1.65. The fraction of sp³-hybridized carbons (Fsp3) is 1.00.